The Kier molecular flexibility index (Phi) is 6.62. The monoisotopic (exact) mass is 501 g/mol. The number of aromatic nitrogens is 3. The quantitative estimate of drug-likeness (QED) is 0.548. The second-order valence-electron chi connectivity index (χ2n) is 8.46. The van der Waals surface area contributed by atoms with E-state index < -0.39 is 23.5 Å². The van der Waals surface area contributed by atoms with Crippen molar-refractivity contribution in [3.63, 3.8) is 0 Å². The minimum atomic E-state index is -2.90. The first-order valence-corrected chi connectivity index (χ1v) is 11.3. The summed E-state index contributed by atoms with van der Waals surface area (Å²) in [7, 11) is 0. The van der Waals surface area contributed by atoms with Crippen molar-refractivity contribution in [2.45, 2.75) is 38.7 Å². The fourth-order valence-electron chi connectivity index (χ4n) is 4.42. The van der Waals surface area contributed by atoms with Crippen LogP contribution in [0.2, 0.25) is 0 Å². The van der Waals surface area contributed by atoms with E-state index >= 15 is 0 Å². The predicted octanol–water partition coefficient (Wildman–Crippen LogP) is 5.27. The van der Waals surface area contributed by atoms with Gasteiger partial charge in [-0.2, -0.15) is 9.61 Å². The normalized spacial score (nSPS) is 19.7. The van der Waals surface area contributed by atoms with E-state index in [1.54, 1.807) is 19.1 Å². The van der Waals surface area contributed by atoms with Crippen LogP contribution in [0.4, 0.5) is 19.0 Å². The van der Waals surface area contributed by atoms with Gasteiger partial charge in [0.15, 0.2) is 11.5 Å². The largest absolute Gasteiger partial charge is 0.386 e. The average molecular weight is 502 g/mol. The summed E-state index contributed by atoms with van der Waals surface area (Å²) >= 11 is 5.94. The minimum absolute atomic E-state index is 0.0258. The maximum Gasteiger partial charge on any atom is 0.283 e. The number of β-amino-alcohol motifs (C(OH)–C–C–N with tert-alkyl or cyclic N) is 1. The molecular weight excluding hydrogens is 479 g/mol. The van der Waals surface area contributed by atoms with Crippen LogP contribution in [0.1, 0.15) is 48.7 Å². The van der Waals surface area contributed by atoms with Crippen molar-refractivity contribution in [3.05, 3.63) is 63.9 Å². The molecule has 2 aliphatic rings. The van der Waals surface area contributed by atoms with Gasteiger partial charge in [-0.25, -0.2) is 18.2 Å². The number of anilines is 1. The third-order valence-electron chi connectivity index (χ3n) is 5.95. The zero-order valence-electron chi connectivity index (χ0n) is 19.2. The Hall–Kier alpha value is -3.35. The van der Waals surface area contributed by atoms with Crippen molar-refractivity contribution < 1.29 is 18.3 Å². The summed E-state index contributed by atoms with van der Waals surface area (Å²) in [6, 6.07) is 0. The van der Waals surface area contributed by atoms with Crippen LogP contribution in [0.5, 0.6) is 0 Å². The van der Waals surface area contributed by atoms with E-state index in [4.69, 9.17) is 18.0 Å². The number of aliphatic hydroxyl groups is 1. The maximum absolute atomic E-state index is 14.7. The highest BCUT2D eigenvalue weighted by molar-refractivity contribution is 6.36. The molecule has 4 rings (SSSR count). The van der Waals surface area contributed by atoms with Gasteiger partial charge in [-0.1, -0.05) is 43.5 Å². The highest BCUT2D eigenvalue weighted by atomic mass is 35.5. The van der Waals surface area contributed by atoms with Crippen LogP contribution < -0.4 is 4.90 Å². The molecule has 35 heavy (non-hydrogen) atoms. The molecule has 0 bridgehead atoms. The molecular formula is C25H23ClF3N5O. The molecule has 1 N–H and O–H groups in total. The lowest BCUT2D eigenvalue weighted by Gasteiger charge is -2.48. The molecule has 0 unspecified atom stereocenters. The molecule has 1 aliphatic carbocycles. The third-order valence-corrected chi connectivity index (χ3v) is 6.24. The zero-order valence-corrected chi connectivity index (χ0v) is 20.0. The fraction of sp³-hybridized carbons (Fsp3) is 0.320. The van der Waals surface area contributed by atoms with Gasteiger partial charge in [0.1, 0.15) is 17.2 Å². The van der Waals surface area contributed by atoms with Gasteiger partial charge in [0.05, 0.1) is 21.9 Å². The topological polar surface area (TPSA) is 66.0 Å². The molecule has 2 aromatic heterocycles. The fourth-order valence-corrected chi connectivity index (χ4v) is 4.58. The highest BCUT2D eigenvalue weighted by Gasteiger charge is 2.43. The number of allylic oxidation sites excluding steroid dienone is 5. The lowest BCUT2D eigenvalue weighted by molar-refractivity contribution is 0.00267. The van der Waals surface area contributed by atoms with Crippen LogP contribution in [0.25, 0.3) is 11.7 Å². The van der Waals surface area contributed by atoms with Gasteiger partial charge < -0.3 is 10.0 Å². The van der Waals surface area contributed by atoms with Crippen LogP contribution in [-0.4, -0.2) is 44.1 Å². The molecule has 182 valence electrons. The van der Waals surface area contributed by atoms with Gasteiger partial charge in [-0.3, -0.25) is 4.99 Å². The molecule has 10 heteroatoms. The minimum Gasteiger partial charge on any atom is -0.386 e. The number of aryl methyl sites for hydroxylation is 1. The van der Waals surface area contributed by atoms with E-state index in [0.717, 1.165) is 6.42 Å². The lowest BCUT2D eigenvalue weighted by Crippen LogP contribution is -2.62. The number of terminal acetylenes is 1. The van der Waals surface area contributed by atoms with Crippen molar-refractivity contribution >= 4 is 34.9 Å². The number of hydrogen-bond donors (Lipinski definition) is 1. The van der Waals surface area contributed by atoms with E-state index in [1.165, 1.54) is 16.8 Å². The molecule has 0 radical (unpaired) electrons. The average Bonchev–Trinajstić information content (AvgIpc) is 3.15. The summed E-state index contributed by atoms with van der Waals surface area (Å²) in [6.07, 6.45) is 9.81. The van der Waals surface area contributed by atoms with Crippen LogP contribution in [0, 0.1) is 19.3 Å². The number of halogens is 4. The summed E-state index contributed by atoms with van der Waals surface area (Å²) in [5, 5.41) is 14.8. The van der Waals surface area contributed by atoms with Gasteiger partial charge in [0.25, 0.3) is 6.43 Å². The van der Waals surface area contributed by atoms with Crippen molar-refractivity contribution in [1.82, 2.24) is 14.6 Å². The lowest BCUT2D eigenvalue weighted by atomic mass is 9.88. The van der Waals surface area contributed by atoms with E-state index in [1.807, 2.05) is 11.8 Å². The van der Waals surface area contributed by atoms with Crippen molar-refractivity contribution in [2.75, 3.05) is 18.0 Å². The number of rotatable bonds is 6. The molecule has 1 aliphatic heterocycles. The van der Waals surface area contributed by atoms with E-state index in [2.05, 4.69) is 27.6 Å². The molecule has 0 amide bonds. The maximum atomic E-state index is 14.7. The molecule has 1 fully saturated rings. The number of fused-ring (bicyclic) bond motifs is 1. The van der Waals surface area contributed by atoms with Gasteiger partial charge in [0.2, 0.25) is 0 Å². The summed E-state index contributed by atoms with van der Waals surface area (Å²) < 4.78 is 43.5. The van der Waals surface area contributed by atoms with Crippen LogP contribution in [0.15, 0.2) is 46.4 Å². The molecule has 0 spiro atoms. The Morgan fingerprint density at radius 1 is 1.40 bits per heavy atom. The number of alkyl halides is 2. The Labute approximate surface area is 205 Å². The Morgan fingerprint density at radius 3 is 2.71 bits per heavy atom. The summed E-state index contributed by atoms with van der Waals surface area (Å²) in [5.41, 5.74) is -0.166. The second-order valence-corrected chi connectivity index (χ2v) is 8.87. The number of hydrogen-bond acceptors (Lipinski definition) is 5. The van der Waals surface area contributed by atoms with Gasteiger partial charge in [-0.15, -0.1) is 6.42 Å². The van der Waals surface area contributed by atoms with Gasteiger partial charge in [0, 0.05) is 30.4 Å². The number of nitrogens with zero attached hydrogens (tertiary/aromatic N) is 5. The molecule has 0 aromatic carbocycles. The summed E-state index contributed by atoms with van der Waals surface area (Å²) in [5.74, 6) is 1.97. The summed E-state index contributed by atoms with van der Waals surface area (Å²) in [6.45, 7) is 7.71. The van der Waals surface area contributed by atoms with E-state index in [0.29, 0.717) is 29.1 Å². The molecule has 0 saturated carbocycles. The van der Waals surface area contributed by atoms with Crippen molar-refractivity contribution in [2.24, 2.45) is 4.99 Å². The standard InChI is InChI=1S/C25H23ClF3N5O/c1-5-10-25(35)12-33(13-25)24-17(11-15-8-9-18(26)19(27)20(15)30-7-3)14(4)31-23-16(6-2)21(22(28)29)32-34(23)24/h2,7-9,11,22,35H,3,5,10,12-13H2,1,4H3/b15-11+,30-20?. The Bertz CT molecular complexity index is 1370. The molecule has 1 saturated heterocycles. The van der Waals surface area contributed by atoms with Crippen LogP contribution in [-0.2, 0) is 0 Å². The second kappa shape index (κ2) is 9.36. The first kappa shape index (κ1) is 24.8. The SMILES string of the molecule is C#Cc1c(C(F)F)nn2c(N3CC(O)(CCC)C3)c(/C=C3\C=CC(Cl)=C(F)C3=NC=C)c(C)nc12. The highest BCUT2D eigenvalue weighted by Crippen LogP contribution is 2.38. The summed E-state index contributed by atoms with van der Waals surface area (Å²) in [4.78, 5) is 10.3. The zero-order chi connectivity index (χ0) is 25.5. The van der Waals surface area contributed by atoms with Crippen molar-refractivity contribution in [3.8, 4) is 12.3 Å². The van der Waals surface area contributed by atoms with E-state index in [-0.39, 0.29) is 35.0 Å². The number of aliphatic imine (C=N–C) groups is 1. The van der Waals surface area contributed by atoms with Crippen molar-refractivity contribution in [1.29, 1.82) is 0 Å². The molecule has 0 atom stereocenters. The van der Waals surface area contributed by atoms with Crippen LogP contribution >= 0.6 is 11.6 Å². The Balaban J connectivity index is 1.97. The van der Waals surface area contributed by atoms with Gasteiger partial charge >= 0.3 is 0 Å². The first-order valence-electron chi connectivity index (χ1n) is 10.9. The Morgan fingerprint density at radius 2 is 2.11 bits per heavy atom. The van der Waals surface area contributed by atoms with Gasteiger partial charge in [-0.05, 0) is 25.5 Å². The van der Waals surface area contributed by atoms with Crippen LogP contribution in [0.3, 0.4) is 0 Å². The van der Waals surface area contributed by atoms with E-state index in [9.17, 15) is 18.3 Å². The smallest absolute Gasteiger partial charge is 0.283 e. The molecule has 3 heterocycles. The third kappa shape index (κ3) is 4.28. The first-order chi connectivity index (χ1) is 16.6. The molecule has 6 nitrogen and oxygen atoms in total. The predicted molar refractivity (Wildman–Crippen MR) is 131 cm³/mol. The molecule has 2 aromatic rings.